The van der Waals surface area contributed by atoms with Crippen LogP contribution in [0.15, 0.2) is 58.8 Å². The van der Waals surface area contributed by atoms with Crippen molar-refractivity contribution in [3.63, 3.8) is 0 Å². The Morgan fingerprint density at radius 2 is 1.88 bits per heavy atom. The van der Waals surface area contributed by atoms with Crippen molar-refractivity contribution in [1.82, 2.24) is 24.6 Å². The van der Waals surface area contributed by atoms with Crippen molar-refractivity contribution < 1.29 is 17.7 Å². The number of piperidine rings is 1. The van der Waals surface area contributed by atoms with E-state index in [9.17, 15) is 17.7 Å². The monoisotopic (exact) mass is 601 g/mol. The molecule has 1 spiro atoms. The lowest BCUT2D eigenvalue weighted by Gasteiger charge is -2.44. The van der Waals surface area contributed by atoms with Crippen LogP contribution in [-0.4, -0.2) is 47.5 Å². The normalized spacial score (nSPS) is 20.0. The molecule has 41 heavy (non-hydrogen) atoms. The molecule has 13 heteroatoms. The first kappa shape index (κ1) is 28.3. The van der Waals surface area contributed by atoms with Crippen molar-refractivity contribution in [3.8, 4) is 0 Å². The van der Waals surface area contributed by atoms with Gasteiger partial charge < -0.3 is 9.45 Å². The third-order valence-corrected chi connectivity index (χ3v) is 10.7. The van der Waals surface area contributed by atoms with E-state index >= 15 is 0 Å². The molecule has 3 atom stereocenters. The van der Waals surface area contributed by atoms with Crippen LogP contribution in [0.25, 0.3) is 5.52 Å². The number of fused-ring (bicyclic) bond motifs is 2. The number of aryl methyl sites for hydroxylation is 1. The summed E-state index contributed by atoms with van der Waals surface area (Å²) in [6.45, 7) is 5.25. The molecule has 6 rings (SSSR count). The fourth-order valence-corrected chi connectivity index (χ4v) is 7.81. The van der Waals surface area contributed by atoms with E-state index in [-0.39, 0.29) is 21.5 Å². The molecule has 4 aromatic rings. The van der Waals surface area contributed by atoms with E-state index in [4.69, 9.17) is 10.1 Å². The summed E-state index contributed by atoms with van der Waals surface area (Å²) in [5, 5.41) is 10.6. The zero-order valence-electron chi connectivity index (χ0n) is 22.6. The van der Waals surface area contributed by atoms with Crippen LogP contribution in [0.4, 0.5) is 19.0 Å². The lowest BCUT2D eigenvalue weighted by atomic mass is 9.68. The van der Waals surface area contributed by atoms with Crippen molar-refractivity contribution in [2.24, 2.45) is 10.6 Å². The van der Waals surface area contributed by atoms with E-state index in [1.165, 1.54) is 17.7 Å². The Balaban J connectivity index is 1.28. The van der Waals surface area contributed by atoms with Gasteiger partial charge in [-0.05, 0) is 74.3 Å². The van der Waals surface area contributed by atoms with Crippen LogP contribution < -0.4 is 10.0 Å². The second kappa shape index (κ2) is 10.8. The minimum Gasteiger partial charge on any atom is -0.598 e. The van der Waals surface area contributed by atoms with E-state index in [0.717, 1.165) is 73.8 Å². The summed E-state index contributed by atoms with van der Waals surface area (Å²) in [6.07, 6.45) is 3.48. The molecule has 0 amide bonds. The number of rotatable bonds is 6. The molecule has 1 aliphatic carbocycles. The Kier molecular flexibility index (Phi) is 7.41. The summed E-state index contributed by atoms with van der Waals surface area (Å²) < 4.78 is 54.6. The number of nitrogens with two attached hydrogens (primary N) is 1. The van der Waals surface area contributed by atoms with Gasteiger partial charge in [0.15, 0.2) is 11.5 Å². The summed E-state index contributed by atoms with van der Waals surface area (Å²) in [6, 6.07) is 8.87. The van der Waals surface area contributed by atoms with Gasteiger partial charge >= 0.3 is 6.18 Å². The third kappa shape index (κ3) is 5.17. The molecule has 0 radical (unpaired) electrons. The van der Waals surface area contributed by atoms with Crippen LogP contribution in [0.2, 0.25) is 0 Å². The number of pyridine rings is 2. The number of halogens is 3. The largest absolute Gasteiger partial charge is 0.598 e. The lowest BCUT2D eigenvalue weighted by molar-refractivity contribution is -0.143. The highest BCUT2D eigenvalue weighted by Crippen LogP contribution is 2.55. The maximum Gasteiger partial charge on any atom is 0.434 e. The predicted molar refractivity (Wildman–Crippen MR) is 152 cm³/mol. The molecule has 0 saturated carbocycles. The third-order valence-electron chi connectivity index (χ3n) is 8.48. The average Bonchev–Trinajstić information content (AvgIpc) is 3.54. The number of hydrogen-bond donors (Lipinski definition) is 1. The number of hydrogen-bond acceptors (Lipinski definition) is 8. The Morgan fingerprint density at radius 1 is 1.15 bits per heavy atom. The fourth-order valence-electron chi connectivity index (χ4n) is 6.39. The number of aromatic nitrogens is 5. The number of nitrogens with zero attached hydrogens (tertiary/aromatic N) is 6. The molecule has 2 aliphatic rings. The molecule has 5 heterocycles. The van der Waals surface area contributed by atoms with E-state index in [0.29, 0.717) is 10.7 Å². The van der Waals surface area contributed by atoms with Gasteiger partial charge in [-0.2, -0.15) is 23.4 Å². The summed E-state index contributed by atoms with van der Waals surface area (Å²) in [7, 11) is 0. The Hall–Kier alpha value is -2.87. The number of anilines is 1. The van der Waals surface area contributed by atoms with Gasteiger partial charge in [0, 0.05) is 53.9 Å². The summed E-state index contributed by atoms with van der Waals surface area (Å²) in [4.78, 5) is 15.4. The molecular formula is C28H30F3N7OS2. The van der Waals surface area contributed by atoms with Gasteiger partial charge in [0.05, 0.1) is 11.9 Å². The van der Waals surface area contributed by atoms with Crippen molar-refractivity contribution in [1.29, 1.82) is 0 Å². The Labute approximate surface area is 243 Å². The van der Waals surface area contributed by atoms with Crippen LogP contribution in [0, 0.1) is 12.3 Å². The van der Waals surface area contributed by atoms with E-state index < -0.39 is 23.2 Å². The topological polar surface area (TPSA) is 108 Å². The first-order chi connectivity index (χ1) is 19.6. The highest BCUT2D eigenvalue weighted by molar-refractivity contribution is 7.99. The van der Waals surface area contributed by atoms with Gasteiger partial charge in [0.2, 0.25) is 0 Å². The highest BCUT2D eigenvalue weighted by Gasteiger charge is 2.49. The molecule has 0 bridgehead atoms. The molecule has 8 nitrogen and oxygen atoms in total. The molecule has 1 fully saturated rings. The van der Waals surface area contributed by atoms with Crippen LogP contribution in [0.1, 0.15) is 54.7 Å². The van der Waals surface area contributed by atoms with Crippen LogP contribution in [0.3, 0.4) is 0 Å². The maximum absolute atomic E-state index is 13.6. The summed E-state index contributed by atoms with van der Waals surface area (Å²) >= 11 is -0.429. The fraction of sp³-hybridized carbons (Fsp3) is 0.429. The van der Waals surface area contributed by atoms with E-state index in [2.05, 4.69) is 26.0 Å². The average molecular weight is 602 g/mol. The second-order valence-electron chi connectivity index (χ2n) is 10.9. The van der Waals surface area contributed by atoms with Crippen LogP contribution in [0.5, 0.6) is 0 Å². The quantitative estimate of drug-likeness (QED) is 0.296. The zero-order valence-corrected chi connectivity index (χ0v) is 24.3. The summed E-state index contributed by atoms with van der Waals surface area (Å²) in [5.74, 6) is 0.990. The lowest BCUT2D eigenvalue weighted by Crippen LogP contribution is -2.44. The Morgan fingerprint density at radius 3 is 2.61 bits per heavy atom. The van der Waals surface area contributed by atoms with E-state index in [1.54, 1.807) is 17.6 Å². The molecule has 0 aromatic carbocycles. The van der Waals surface area contributed by atoms with Gasteiger partial charge in [-0.3, -0.25) is 9.97 Å². The van der Waals surface area contributed by atoms with Gasteiger partial charge in [-0.25, -0.2) is 9.50 Å². The maximum atomic E-state index is 13.6. The smallest absolute Gasteiger partial charge is 0.434 e. The zero-order chi connectivity index (χ0) is 28.9. The summed E-state index contributed by atoms with van der Waals surface area (Å²) in [5.41, 5.74) is 2.75. The van der Waals surface area contributed by atoms with Crippen LogP contribution >= 0.6 is 11.8 Å². The molecule has 216 valence electrons. The van der Waals surface area contributed by atoms with Crippen molar-refractivity contribution in [3.05, 3.63) is 71.6 Å². The van der Waals surface area contributed by atoms with E-state index in [1.807, 2.05) is 25.3 Å². The minimum absolute atomic E-state index is 0.00227. The predicted octanol–water partition coefficient (Wildman–Crippen LogP) is 5.33. The van der Waals surface area contributed by atoms with Gasteiger partial charge in [-0.1, -0.05) is 17.8 Å². The second-order valence-corrected chi connectivity index (χ2v) is 13.4. The van der Waals surface area contributed by atoms with Crippen molar-refractivity contribution in [2.75, 3.05) is 18.0 Å². The molecule has 2 N–H and O–H groups in total. The first-order valence-corrected chi connectivity index (χ1v) is 15.5. The Bertz CT molecular complexity index is 1570. The molecule has 1 aliphatic heterocycles. The molecule has 2 unspecified atom stereocenters. The van der Waals surface area contributed by atoms with Gasteiger partial charge in [0.1, 0.15) is 15.8 Å². The molecular weight excluding hydrogens is 571 g/mol. The highest BCUT2D eigenvalue weighted by atomic mass is 32.2. The van der Waals surface area contributed by atoms with Crippen molar-refractivity contribution >= 4 is 34.5 Å². The number of alkyl halides is 3. The van der Waals surface area contributed by atoms with Crippen LogP contribution in [-0.2, 0) is 24.0 Å². The minimum atomic E-state index is -4.57. The SMILES string of the molecule is Cc1nc(N2CCC3(CC2)Cc2ncccc2C3C[C@H](C)[S+](N)[O-])c2ccnn2c1Sc1cccnc1C(F)(F)F. The molecule has 4 aromatic heterocycles. The first-order valence-electron chi connectivity index (χ1n) is 13.5. The van der Waals surface area contributed by atoms with Gasteiger partial charge in [0.25, 0.3) is 0 Å². The molecule has 1 saturated heterocycles. The van der Waals surface area contributed by atoms with Gasteiger partial charge in [-0.15, -0.1) is 0 Å². The standard InChI is InChI=1S/C28H30F3N7OS2/c1-17(41(32)39)15-20-19-5-3-10-33-21(19)16-27(20)8-13-37(14-9-27)25-22-7-12-35-38(22)26(18(2)36-25)40-23-6-4-11-34-24(23)28(29,30)31/h3-7,10-12,17,20H,8-9,13-16,32H2,1-2H3/t17-,20?,41?/m0/s1. The van der Waals surface area contributed by atoms with Crippen molar-refractivity contribution in [2.45, 2.75) is 66.8 Å².